The molecule has 6 heteroatoms. The molecule has 0 saturated heterocycles. The van der Waals surface area contributed by atoms with Gasteiger partial charge in [-0.15, -0.1) is 24.0 Å². The van der Waals surface area contributed by atoms with E-state index in [1.807, 2.05) is 24.3 Å². The number of halogens is 2. The number of guanidine groups is 1. The van der Waals surface area contributed by atoms with Gasteiger partial charge in [0.2, 0.25) is 0 Å². The minimum Gasteiger partial charge on any atom is -0.497 e. The van der Waals surface area contributed by atoms with Crippen LogP contribution in [0.25, 0.3) is 0 Å². The predicted octanol–water partition coefficient (Wildman–Crippen LogP) is 4.25. The van der Waals surface area contributed by atoms with Crippen molar-refractivity contribution in [3.8, 4) is 5.75 Å². The lowest BCUT2D eigenvalue weighted by Crippen LogP contribution is -2.36. The minimum absolute atomic E-state index is 0. The highest BCUT2D eigenvalue weighted by Crippen LogP contribution is 2.15. The molecule has 0 aliphatic carbocycles. The van der Waals surface area contributed by atoms with E-state index in [2.05, 4.69) is 56.7 Å². The molecule has 2 aromatic carbocycles. The van der Waals surface area contributed by atoms with Gasteiger partial charge in [0, 0.05) is 24.6 Å². The number of rotatable bonds is 5. The van der Waals surface area contributed by atoms with Crippen molar-refractivity contribution in [3.63, 3.8) is 0 Å². The summed E-state index contributed by atoms with van der Waals surface area (Å²) in [6.45, 7) is 3.56. The van der Waals surface area contributed by atoms with E-state index in [0.717, 1.165) is 22.7 Å². The lowest BCUT2D eigenvalue weighted by molar-refractivity contribution is 0.414. The number of aliphatic imine (C=N–C) groups is 1. The highest BCUT2D eigenvalue weighted by atomic mass is 127. The van der Waals surface area contributed by atoms with Crippen molar-refractivity contribution in [2.24, 2.45) is 4.99 Å². The van der Waals surface area contributed by atoms with Gasteiger partial charge in [-0.3, -0.25) is 4.99 Å². The zero-order valence-corrected chi connectivity index (χ0v) is 18.0. The Morgan fingerprint density at radius 1 is 1.08 bits per heavy atom. The number of ether oxygens (including phenoxy) is 1. The van der Waals surface area contributed by atoms with Crippen LogP contribution in [0.4, 0.5) is 0 Å². The molecular weight excluding hydrogens is 481 g/mol. The summed E-state index contributed by atoms with van der Waals surface area (Å²) in [4.78, 5) is 4.26. The highest BCUT2D eigenvalue weighted by molar-refractivity contribution is 14.0. The van der Waals surface area contributed by atoms with Crippen LogP contribution in [0.1, 0.15) is 16.7 Å². The van der Waals surface area contributed by atoms with Crippen LogP contribution in [0.2, 0.25) is 0 Å². The second-order valence-electron chi connectivity index (χ2n) is 5.20. The van der Waals surface area contributed by atoms with Crippen LogP contribution in [-0.2, 0) is 13.1 Å². The molecule has 24 heavy (non-hydrogen) atoms. The Balaban J connectivity index is 0.00000288. The molecule has 2 aromatic rings. The molecule has 2 N–H and O–H groups in total. The summed E-state index contributed by atoms with van der Waals surface area (Å²) in [7, 11) is 3.45. The van der Waals surface area contributed by atoms with Gasteiger partial charge in [-0.2, -0.15) is 0 Å². The Hall–Kier alpha value is -1.28. The standard InChI is InChI=1S/C18H22BrN3O.HI/c1-13-10-16(19)7-6-15(13)12-22-18(20-2)21-11-14-4-8-17(23-3)9-5-14;/h4-10H,11-12H2,1-3H3,(H2,20,21,22);1H. The van der Waals surface area contributed by atoms with E-state index in [4.69, 9.17) is 4.74 Å². The van der Waals surface area contributed by atoms with Gasteiger partial charge < -0.3 is 15.4 Å². The van der Waals surface area contributed by atoms with E-state index in [9.17, 15) is 0 Å². The zero-order valence-electron chi connectivity index (χ0n) is 14.1. The summed E-state index contributed by atoms with van der Waals surface area (Å²) in [6.07, 6.45) is 0. The average molecular weight is 504 g/mol. The number of hydrogen-bond acceptors (Lipinski definition) is 2. The predicted molar refractivity (Wildman–Crippen MR) is 114 cm³/mol. The van der Waals surface area contributed by atoms with Crippen molar-refractivity contribution in [1.82, 2.24) is 10.6 Å². The summed E-state index contributed by atoms with van der Waals surface area (Å²) in [5, 5.41) is 6.65. The van der Waals surface area contributed by atoms with Gasteiger partial charge in [0.15, 0.2) is 5.96 Å². The molecule has 0 aliphatic heterocycles. The highest BCUT2D eigenvalue weighted by Gasteiger charge is 2.02. The van der Waals surface area contributed by atoms with Crippen LogP contribution in [0, 0.1) is 6.92 Å². The fourth-order valence-electron chi connectivity index (χ4n) is 2.19. The van der Waals surface area contributed by atoms with E-state index in [1.165, 1.54) is 16.7 Å². The van der Waals surface area contributed by atoms with E-state index < -0.39 is 0 Å². The maximum Gasteiger partial charge on any atom is 0.191 e. The van der Waals surface area contributed by atoms with Gasteiger partial charge >= 0.3 is 0 Å². The molecule has 0 fully saturated rings. The molecule has 0 heterocycles. The SMILES string of the molecule is CN=C(NCc1ccc(OC)cc1)NCc1ccc(Br)cc1C.I. The first-order chi connectivity index (χ1) is 11.1. The Morgan fingerprint density at radius 3 is 2.33 bits per heavy atom. The van der Waals surface area contributed by atoms with Gasteiger partial charge in [-0.05, 0) is 47.9 Å². The number of benzene rings is 2. The largest absolute Gasteiger partial charge is 0.497 e. The van der Waals surface area contributed by atoms with Crippen LogP contribution < -0.4 is 15.4 Å². The summed E-state index contributed by atoms with van der Waals surface area (Å²) in [6, 6.07) is 14.3. The molecular formula is C18H23BrIN3O. The van der Waals surface area contributed by atoms with E-state index in [-0.39, 0.29) is 24.0 Å². The molecule has 0 atom stereocenters. The second-order valence-corrected chi connectivity index (χ2v) is 6.11. The second kappa shape index (κ2) is 10.6. The summed E-state index contributed by atoms with van der Waals surface area (Å²) >= 11 is 3.49. The lowest BCUT2D eigenvalue weighted by atomic mass is 10.1. The number of nitrogens with zero attached hydrogens (tertiary/aromatic N) is 1. The third kappa shape index (κ3) is 6.32. The normalized spacial score (nSPS) is 10.8. The van der Waals surface area contributed by atoms with Crippen LogP contribution in [-0.4, -0.2) is 20.1 Å². The number of aryl methyl sites for hydroxylation is 1. The molecule has 0 saturated carbocycles. The molecule has 0 amide bonds. The third-order valence-electron chi connectivity index (χ3n) is 3.59. The molecule has 0 aromatic heterocycles. The average Bonchev–Trinajstić information content (AvgIpc) is 2.57. The Labute approximate surface area is 169 Å². The number of methoxy groups -OCH3 is 1. The van der Waals surface area contributed by atoms with Crippen LogP contribution in [0.5, 0.6) is 5.75 Å². The van der Waals surface area contributed by atoms with Crippen molar-refractivity contribution in [2.45, 2.75) is 20.0 Å². The topological polar surface area (TPSA) is 45.7 Å². The molecule has 130 valence electrons. The van der Waals surface area contributed by atoms with E-state index in [0.29, 0.717) is 6.54 Å². The summed E-state index contributed by atoms with van der Waals surface area (Å²) < 4.78 is 6.26. The molecule has 0 spiro atoms. The van der Waals surface area contributed by atoms with E-state index >= 15 is 0 Å². The van der Waals surface area contributed by atoms with Gasteiger partial charge in [0.25, 0.3) is 0 Å². The van der Waals surface area contributed by atoms with Gasteiger partial charge in [0.1, 0.15) is 5.75 Å². The van der Waals surface area contributed by atoms with Crippen molar-refractivity contribution in [1.29, 1.82) is 0 Å². The Kier molecular flexibility index (Phi) is 9.13. The van der Waals surface area contributed by atoms with Gasteiger partial charge in [-0.25, -0.2) is 0 Å². The van der Waals surface area contributed by atoms with Crippen molar-refractivity contribution >= 4 is 45.9 Å². The van der Waals surface area contributed by atoms with Crippen LogP contribution in [0.15, 0.2) is 51.9 Å². The van der Waals surface area contributed by atoms with Gasteiger partial charge in [-0.1, -0.05) is 34.1 Å². The summed E-state index contributed by atoms with van der Waals surface area (Å²) in [5.74, 6) is 1.64. The zero-order chi connectivity index (χ0) is 16.7. The monoisotopic (exact) mass is 503 g/mol. The van der Waals surface area contributed by atoms with Gasteiger partial charge in [0.05, 0.1) is 7.11 Å². The van der Waals surface area contributed by atoms with Crippen molar-refractivity contribution in [3.05, 3.63) is 63.6 Å². The molecule has 4 nitrogen and oxygen atoms in total. The van der Waals surface area contributed by atoms with Crippen molar-refractivity contribution < 1.29 is 4.74 Å². The summed E-state index contributed by atoms with van der Waals surface area (Å²) in [5.41, 5.74) is 3.67. The smallest absolute Gasteiger partial charge is 0.191 e. The Morgan fingerprint density at radius 2 is 1.75 bits per heavy atom. The molecule has 0 unspecified atom stereocenters. The maximum absolute atomic E-state index is 5.16. The first-order valence-corrected chi connectivity index (χ1v) is 8.24. The van der Waals surface area contributed by atoms with Crippen molar-refractivity contribution in [2.75, 3.05) is 14.2 Å². The molecule has 2 rings (SSSR count). The fraction of sp³-hybridized carbons (Fsp3) is 0.278. The number of hydrogen-bond donors (Lipinski definition) is 2. The quantitative estimate of drug-likeness (QED) is 0.364. The van der Waals surface area contributed by atoms with E-state index in [1.54, 1.807) is 14.2 Å². The maximum atomic E-state index is 5.16. The number of nitrogens with one attached hydrogen (secondary N) is 2. The Bertz CT molecular complexity index is 674. The molecule has 0 radical (unpaired) electrons. The molecule has 0 aliphatic rings. The van der Waals surface area contributed by atoms with Crippen LogP contribution in [0.3, 0.4) is 0 Å². The first kappa shape index (κ1) is 20.8. The third-order valence-corrected chi connectivity index (χ3v) is 4.09. The first-order valence-electron chi connectivity index (χ1n) is 7.45. The minimum atomic E-state index is 0. The lowest BCUT2D eigenvalue weighted by Gasteiger charge is -2.13. The van der Waals surface area contributed by atoms with Crippen LogP contribution >= 0.6 is 39.9 Å². The fourth-order valence-corrected chi connectivity index (χ4v) is 2.66. The molecule has 0 bridgehead atoms.